The summed E-state index contributed by atoms with van der Waals surface area (Å²) >= 11 is 0. The predicted octanol–water partition coefficient (Wildman–Crippen LogP) is 17.6. The molecule has 0 aromatic carbocycles. The van der Waals surface area contributed by atoms with Crippen molar-refractivity contribution in [2.75, 3.05) is 47.5 Å². The number of allylic oxidation sites excluding steroid dienone is 10. The van der Waals surface area contributed by atoms with Crippen molar-refractivity contribution in [1.29, 1.82) is 0 Å². The first kappa shape index (κ1) is 69.0. The first-order chi connectivity index (χ1) is 35.1. The first-order valence-corrected chi connectivity index (χ1v) is 30.0. The number of esters is 2. The van der Waals surface area contributed by atoms with Crippen molar-refractivity contribution in [1.82, 2.24) is 0 Å². The highest BCUT2D eigenvalue weighted by Crippen LogP contribution is 2.17. The summed E-state index contributed by atoms with van der Waals surface area (Å²) in [6.07, 6.45) is 65.9. The zero-order chi connectivity index (χ0) is 52.7. The lowest BCUT2D eigenvalue weighted by molar-refractivity contribution is -0.870. The monoisotopic (exact) mass is 1010 g/mol. The van der Waals surface area contributed by atoms with Gasteiger partial charge in [0.2, 0.25) is 0 Å². The smallest absolute Gasteiger partial charge is 0.361 e. The van der Waals surface area contributed by atoms with Gasteiger partial charge in [0.15, 0.2) is 6.10 Å². The van der Waals surface area contributed by atoms with E-state index < -0.39 is 24.3 Å². The molecule has 2 atom stereocenters. The van der Waals surface area contributed by atoms with Crippen LogP contribution in [0.3, 0.4) is 0 Å². The Morgan fingerprint density at radius 3 is 1.19 bits per heavy atom. The maximum absolute atomic E-state index is 12.9. The van der Waals surface area contributed by atoms with E-state index in [2.05, 4.69) is 74.6 Å². The van der Waals surface area contributed by atoms with Crippen LogP contribution in [0.1, 0.15) is 264 Å². The molecule has 0 aromatic rings. The summed E-state index contributed by atoms with van der Waals surface area (Å²) < 4.78 is 22.9. The van der Waals surface area contributed by atoms with Crippen LogP contribution in [0.5, 0.6) is 0 Å². The van der Waals surface area contributed by atoms with E-state index in [1.54, 1.807) is 0 Å². The zero-order valence-corrected chi connectivity index (χ0v) is 47.6. The number of nitrogens with zero attached hydrogens (tertiary/aromatic N) is 1. The van der Waals surface area contributed by atoms with E-state index in [4.69, 9.17) is 18.9 Å². The minimum absolute atomic E-state index is 0.185. The molecule has 0 saturated heterocycles. The Balaban J connectivity index is 4.13. The van der Waals surface area contributed by atoms with Crippen LogP contribution in [0.2, 0.25) is 0 Å². The van der Waals surface area contributed by atoms with Gasteiger partial charge in [-0.3, -0.25) is 9.59 Å². The largest absolute Gasteiger partial charge is 0.477 e. The average molecular weight is 1010 g/mol. The van der Waals surface area contributed by atoms with Gasteiger partial charge in [0.25, 0.3) is 6.29 Å². The van der Waals surface area contributed by atoms with Crippen LogP contribution in [0, 0.1) is 0 Å². The van der Waals surface area contributed by atoms with Crippen molar-refractivity contribution in [2.24, 2.45) is 0 Å². The van der Waals surface area contributed by atoms with Crippen LogP contribution in [-0.4, -0.2) is 87.4 Å². The minimum atomic E-state index is -1.51. The lowest BCUT2D eigenvalue weighted by Gasteiger charge is -2.25. The van der Waals surface area contributed by atoms with Gasteiger partial charge in [0.05, 0.1) is 34.4 Å². The number of carboxylic acids is 1. The van der Waals surface area contributed by atoms with Crippen LogP contribution in [-0.2, 0) is 33.3 Å². The Labute approximate surface area is 444 Å². The molecule has 0 aromatic heterocycles. The van der Waals surface area contributed by atoms with Gasteiger partial charge in [-0.1, -0.05) is 235 Å². The fourth-order valence-electron chi connectivity index (χ4n) is 8.41. The molecule has 72 heavy (non-hydrogen) atoms. The van der Waals surface area contributed by atoms with E-state index in [1.807, 2.05) is 21.1 Å². The molecule has 0 fully saturated rings. The average Bonchev–Trinajstić information content (AvgIpc) is 3.35. The summed E-state index contributed by atoms with van der Waals surface area (Å²) in [5.41, 5.74) is 0. The fraction of sp³-hybridized carbons (Fsp3) is 0.794. The highest BCUT2D eigenvalue weighted by molar-refractivity contribution is 5.71. The maximum Gasteiger partial charge on any atom is 0.361 e. The molecular formula is C63H114NO8+. The van der Waals surface area contributed by atoms with Crippen molar-refractivity contribution >= 4 is 17.9 Å². The number of hydrogen-bond acceptors (Lipinski definition) is 7. The summed E-state index contributed by atoms with van der Waals surface area (Å²) in [6.45, 7) is 4.78. The van der Waals surface area contributed by atoms with Crippen molar-refractivity contribution in [2.45, 2.75) is 277 Å². The predicted molar refractivity (Wildman–Crippen MR) is 304 cm³/mol. The third-order valence-electron chi connectivity index (χ3n) is 13.0. The Morgan fingerprint density at radius 1 is 0.431 bits per heavy atom. The highest BCUT2D eigenvalue weighted by Gasteiger charge is 2.25. The van der Waals surface area contributed by atoms with Crippen LogP contribution in [0.4, 0.5) is 0 Å². The third-order valence-corrected chi connectivity index (χ3v) is 13.0. The van der Waals surface area contributed by atoms with Gasteiger partial charge in [-0.2, -0.15) is 0 Å². The fourth-order valence-corrected chi connectivity index (χ4v) is 8.41. The second kappa shape index (κ2) is 54.3. The Kier molecular flexibility index (Phi) is 52.0. The molecule has 0 amide bonds. The molecule has 2 unspecified atom stereocenters. The summed E-state index contributed by atoms with van der Waals surface area (Å²) in [5.74, 6) is -2.00. The standard InChI is InChI=1S/C63H113NO8/c1-6-8-10-12-14-16-18-20-22-24-25-26-27-28-29-30-31-32-33-34-35-36-37-38-40-42-44-46-48-50-52-54-61(66)72-59(58-71-63(62(67)68)69-56-55-64(3,4)5)57-70-60(65)53-51-49-47-45-43-41-39-23-21-19-17-15-13-11-9-7-2/h8,10,14,16,20,22-23,25-26,39,59,63H,6-7,9,11-13,15,17-19,21,24,27-38,40-58H2,1-5H3/p+1/b10-8-,16-14-,22-20-,26-25-,39-23-. The van der Waals surface area contributed by atoms with Crippen LogP contribution in [0.25, 0.3) is 0 Å². The van der Waals surface area contributed by atoms with Gasteiger partial charge in [0.1, 0.15) is 13.2 Å². The number of quaternary nitrogens is 1. The molecule has 0 rings (SSSR count). The van der Waals surface area contributed by atoms with E-state index in [0.717, 1.165) is 83.5 Å². The minimum Gasteiger partial charge on any atom is -0.477 e. The molecule has 0 aliphatic heterocycles. The summed E-state index contributed by atoms with van der Waals surface area (Å²) in [7, 11) is 5.97. The second-order valence-corrected chi connectivity index (χ2v) is 21.3. The van der Waals surface area contributed by atoms with E-state index >= 15 is 0 Å². The molecule has 418 valence electrons. The zero-order valence-electron chi connectivity index (χ0n) is 47.6. The molecule has 0 radical (unpaired) electrons. The maximum atomic E-state index is 12.9. The highest BCUT2D eigenvalue weighted by atomic mass is 16.7. The third kappa shape index (κ3) is 54.8. The molecule has 0 heterocycles. The van der Waals surface area contributed by atoms with Gasteiger partial charge in [0, 0.05) is 12.8 Å². The number of carbonyl (C=O) groups is 3. The van der Waals surface area contributed by atoms with Gasteiger partial charge >= 0.3 is 17.9 Å². The van der Waals surface area contributed by atoms with E-state index in [0.29, 0.717) is 17.4 Å². The lowest BCUT2D eigenvalue weighted by Crippen LogP contribution is -2.40. The number of aliphatic carboxylic acids is 1. The molecule has 9 heteroatoms. The van der Waals surface area contributed by atoms with Crippen molar-refractivity contribution in [3.63, 3.8) is 0 Å². The van der Waals surface area contributed by atoms with Gasteiger partial charge in [-0.25, -0.2) is 4.79 Å². The van der Waals surface area contributed by atoms with Crippen molar-refractivity contribution < 1.29 is 42.9 Å². The number of hydrogen-bond donors (Lipinski definition) is 1. The van der Waals surface area contributed by atoms with Crippen LogP contribution in [0.15, 0.2) is 60.8 Å². The molecule has 0 aliphatic carbocycles. The van der Waals surface area contributed by atoms with Crippen LogP contribution < -0.4 is 0 Å². The number of carbonyl (C=O) groups excluding carboxylic acids is 2. The molecule has 0 saturated carbocycles. The Morgan fingerprint density at radius 2 is 0.792 bits per heavy atom. The molecule has 0 aliphatic rings. The SMILES string of the molecule is CC/C=C\C/C=C\C/C=C\C/C=C\CCCCCCCCCCCCCCCCCCCCC(=O)OC(COC(=O)CCCCCCC/C=C\CCCCCCCCC)COC(OCC[N+](C)(C)C)C(=O)O. The van der Waals surface area contributed by atoms with E-state index in [9.17, 15) is 19.5 Å². The van der Waals surface area contributed by atoms with Crippen LogP contribution >= 0.6 is 0 Å². The van der Waals surface area contributed by atoms with Gasteiger partial charge in [-0.15, -0.1) is 0 Å². The quantitative estimate of drug-likeness (QED) is 0.0211. The topological polar surface area (TPSA) is 108 Å². The van der Waals surface area contributed by atoms with Gasteiger partial charge < -0.3 is 28.5 Å². The number of rotatable bonds is 55. The normalized spacial score (nSPS) is 13.2. The molecule has 9 nitrogen and oxygen atoms in total. The number of likely N-dealkylation sites (N-methyl/N-ethyl adjacent to an activating group) is 1. The second-order valence-electron chi connectivity index (χ2n) is 21.3. The lowest BCUT2D eigenvalue weighted by atomic mass is 10.0. The van der Waals surface area contributed by atoms with Crippen molar-refractivity contribution in [3.05, 3.63) is 60.8 Å². The summed E-state index contributed by atoms with van der Waals surface area (Å²) in [6, 6.07) is 0. The number of carboxylic acid groups (broad SMARTS) is 1. The Bertz CT molecular complexity index is 1360. The molecular weight excluding hydrogens is 899 g/mol. The van der Waals surface area contributed by atoms with Crippen molar-refractivity contribution in [3.8, 4) is 0 Å². The summed E-state index contributed by atoms with van der Waals surface area (Å²) in [4.78, 5) is 37.4. The summed E-state index contributed by atoms with van der Waals surface area (Å²) in [5, 5.41) is 9.70. The Hall–Kier alpha value is -3.01. The molecule has 0 bridgehead atoms. The first-order valence-electron chi connectivity index (χ1n) is 30.0. The van der Waals surface area contributed by atoms with E-state index in [1.165, 1.54) is 154 Å². The molecule has 1 N–H and O–H groups in total. The molecule has 0 spiro atoms. The number of unbranched alkanes of at least 4 members (excludes halogenated alkanes) is 30. The van der Waals surface area contributed by atoms with Gasteiger partial charge in [-0.05, 0) is 77.0 Å². The van der Waals surface area contributed by atoms with E-state index in [-0.39, 0.29) is 32.2 Å². The number of ether oxygens (including phenoxy) is 4.